The predicted molar refractivity (Wildman–Crippen MR) is 77.5 cm³/mol. The second-order valence-corrected chi connectivity index (χ2v) is 5.50. The number of anilines is 1. The zero-order valence-corrected chi connectivity index (χ0v) is 11.8. The van der Waals surface area contributed by atoms with Crippen molar-refractivity contribution in [2.24, 2.45) is 5.92 Å². The quantitative estimate of drug-likeness (QED) is 0.890. The fourth-order valence-electron chi connectivity index (χ4n) is 2.51. The number of carbonyl (C=O) groups is 1. The van der Waals surface area contributed by atoms with Crippen molar-refractivity contribution in [3.8, 4) is 0 Å². The normalized spacial score (nSPS) is 18.9. The highest BCUT2D eigenvalue weighted by molar-refractivity contribution is 5.94. The summed E-state index contributed by atoms with van der Waals surface area (Å²) in [5.41, 5.74) is 1.58. The van der Waals surface area contributed by atoms with Crippen LogP contribution in [0.1, 0.15) is 26.3 Å². The predicted octanol–water partition coefficient (Wildman–Crippen LogP) is 1.56. The summed E-state index contributed by atoms with van der Waals surface area (Å²) in [7, 11) is 0. The van der Waals surface area contributed by atoms with Gasteiger partial charge in [0.2, 0.25) is 5.91 Å². The minimum atomic E-state index is 0.0593. The second kappa shape index (κ2) is 5.20. The van der Waals surface area contributed by atoms with Crippen molar-refractivity contribution in [1.29, 1.82) is 0 Å². The molecule has 2 N–H and O–H groups in total. The Hall–Kier alpha value is -1.95. The van der Waals surface area contributed by atoms with E-state index in [9.17, 15) is 4.79 Å². The molecule has 6 nitrogen and oxygen atoms in total. The van der Waals surface area contributed by atoms with Crippen molar-refractivity contribution in [2.45, 2.75) is 26.3 Å². The maximum atomic E-state index is 12.1. The minimum Gasteiger partial charge on any atom is -0.324 e. The van der Waals surface area contributed by atoms with Crippen molar-refractivity contribution in [2.75, 3.05) is 18.4 Å². The van der Waals surface area contributed by atoms with Crippen LogP contribution in [0.5, 0.6) is 0 Å². The third-order valence-corrected chi connectivity index (χ3v) is 3.62. The summed E-state index contributed by atoms with van der Waals surface area (Å²) in [6.45, 7) is 5.80. The summed E-state index contributed by atoms with van der Waals surface area (Å²) in [4.78, 5) is 16.5. The van der Waals surface area contributed by atoms with Crippen LogP contribution in [0.2, 0.25) is 0 Å². The Morgan fingerprint density at radius 2 is 2.35 bits per heavy atom. The molecule has 1 unspecified atom stereocenters. The zero-order valence-electron chi connectivity index (χ0n) is 11.8. The first kappa shape index (κ1) is 13.1. The van der Waals surface area contributed by atoms with Gasteiger partial charge in [0, 0.05) is 18.0 Å². The average Bonchev–Trinajstić information content (AvgIpc) is 3.07. The monoisotopic (exact) mass is 273 g/mol. The van der Waals surface area contributed by atoms with E-state index in [0.29, 0.717) is 0 Å². The van der Waals surface area contributed by atoms with E-state index < -0.39 is 0 Å². The molecule has 3 rings (SSSR count). The van der Waals surface area contributed by atoms with Gasteiger partial charge in [-0.25, -0.2) is 9.67 Å². The van der Waals surface area contributed by atoms with E-state index in [2.05, 4.69) is 34.6 Å². The third-order valence-electron chi connectivity index (χ3n) is 3.62. The van der Waals surface area contributed by atoms with Crippen LogP contribution < -0.4 is 10.6 Å². The van der Waals surface area contributed by atoms with Gasteiger partial charge in [0.15, 0.2) is 5.65 Å². The highest BCUT2D eigenvalue weighted by Gasteiger charge is 2.22. The smallest absolute Gasteiger partial charge is 0.228 e. The van der Waals surface area contributed by atoms with Crippen molar-refractivity contribution >= 4 is 22.6 Å². The maximum absolute atomic E-state index is 12.1. The topological polar surface area (TPSA) is 71.8 Å². The van der Waals surface area contributed by atoms with E-state index in [1.807, 2.05) is 10.7 Å². The fraction of sp³-hybridized carbons (Fsp3) is 0.500. The molecule has 0 aliphatic carbocycles. The summed E-state index contributed by atoms with van der Waals surface area (Å²) >= 11 is 0. The van der Waals surface area contributed by atoms with Crippen LogP contribution in [-0.2, 0) is 4.79 Å². The molecule has 20 heavy (non-hydrogen) atoms. The number of amides is 1. The van der Waals surface area contributed by atoms with E-state index >= 15 is 0 Å². The molecule has 0 aromatic carbocycles. The Balaban J connectivity index is 1.80. The van der Waals surface area contributed by atoms with Crippen molar-refractivity contribution in [3.63, 3.8) is 0 Å². The van der Waals surface area contributed by atoms with E-state index in [4.69, 9.17) is 0 Å². The van der Waals surface area contributed by atoms with Gasteiger partial charge in [-0.1, -0.05) is 0 Å². The summed E-state index contributed by atoms with van der Waals surface area (Å²) in [5, 5.41) is 11.4. The number of carbonyl (C=O) groups excluding carboxylic acids is 1. The van der Waals surface area contributed by atoms with Gasteiger partial charge < -0.3 is 10.6 Å². The van der Waals surface area contributed by atoms with Gasteiger partial charge in [0.1, 0.15) is 0 Å². The van der Waals surface area contributed by atoms with Crippen molar-refractivity contribution in [1.82, 2.24) is 20.1 Å². The second-order valence-electron chi connectivity index (χ2n) is 5.50. The van der Waals surface area contributed by atoms with Gasteiger partial charge in [-0.3, -0.25) is 4.79 Å². The number of fused-ring (bicyclic) bond motifs is 1. The van der Waals surface area contributed by atoms with Gasteiger partial charge in [0.25, 0.3) is 0 Å². The average molecular weight is 273 g/mol. The van der Waals surface area contributed by atoms with E-state index in [1.165, 1.54) is 0 Å². The van der Waals surface area contributed by atoms with Gasteiger partial charge >= 0.3 is 0 Å². The molecule has 1 atom stereocenters. The van der Waals surface area contributed by atoms with Crippen molar-refractivity contribution < 1.29 is 4.79 Å². The van der Waals surface area contributed by atoms with E-state index in [-0.39, 0.29) is 17.9 Å². The lowest BCUT2D eigenvalue weighted by molar-refractivity contribution is -0.119. The van der Waals surface area contributed by atoms with Crippen LogP contribution in [0.25, 0.3) is 11.0 Å². The molecule has 1 amide bonds. The molecule has 0 saturated carbocycles. The molecule has 1 fully saturated rings. The molecule has 0 radical (unpaired) electrons. The number of rotatable bonds is 3. The van der Waals surface area contributed by atoms with Crippen LogP contribution in [-0.4, -0.2) is 33.8 Å². The number of hydrogen-bond acceptors (Lipinski definition) is 4. The molecular weight excluding hydrogens is 254 g/mol. The highest BCUT2D eigenvalue weighted by Crippen LogP contribution is 2.20. The summed E-state index contributed by atoms with van der Waals surface area (Å²) in [6, 6.07) is 2.19. The summed E-state index contributed by atoms with van der Waals surface area (Å²) in [5.74, 6) is 0.122. The minimum absolute atomic E-state index is 0.0593. The first-order chi connectivity index (χ1) is 9.65. The molecule has 3 heterocycles. The zero-order chi connectivity index (χ0) is 14.1. The first-order valence-corrected chi connectivity index (χ1v) is 7.00. The fourth-order valence-corrected chi connectivity index (χ4v) is 2.51. The lowest BCUT2D eigenvalue weighted by atomic mass is 10.1. The van der Waals surface area contributed by atoms with Crippen LogP contribution >= 0.6 is 0 Å². The lowest BCUT2D eigenvalue weighted by Crippen LogP contribution is -2.24. The largest absolute Gasteiger partial charge is 0.324 e. The third kappa shape index (κ3) is 2.38. The Morgan fingerprint density at radius 1 is 1.50 bits per heavy atom. The number of nitrogens with one attached hydrogen (secondary N) is 2. The molecule has 2 aromatic rings. The molecule has 2 aromatic heterocycles. The molecule has 0 spiro atoms. The van der Waals surface area contributed by atoms with Gasteiger partial charge in [-0.15, -0.1) is 0 Å². The lowest BCUT2D eigenvalue weighted by Gasteiger charge is -2.10. The van der Waals surface area contributed by atoms with E-state index in [0.717, 1.165) is 36.2 Å². The van der Waals surface area contributed by atoms with Gasteiger partial charge in [0.05, 0.1) is 24.0 Å². The van der Waals surface area contributed by atoms with Crippen LogP contribution in [0, 0.1) is 5.92 Å². The van der Waals surface area contributed by atoms with Gasteiger partial charge in [-0.05, 0) is 32.9 Å². The van der Waals surface area contributed by atoms with Crippen LogP contribution in [0.3, 0.4) is 0 Å². The summed E-state index contributed by atoms with van der Waals surface area (Å²) < 4.78 is 1.88. The Morgan fingerprint density at radius 3 is 3.05 bits per heavy atom. The number of nitrogens with zero attached hydrogens (tertiary/aromatic N) is 3. The Kier molecular flexibility index (Phi) is 3.40. The van der Waals surface area contributed by atoms with Crippen LogP contribution in [0.15, 0.2) is 18.5 Å². The maximum Gasteiger partial charge on any atom is 0.228 e. The number of pyridine rings is 1. The number of aromatic nitrogens is 3. The number of hydrogen-bond donors (Lipinski definition) is 2. The molecule has 1 saturated heterocycles. The van der Waals surface area contributed by atoms with Crippen molar-refractivity contribution in [3.05, 3.63) is 18.5 Å². The molecule has 6 heteroatoms. The SMILES string of the molecule is CC(C)n1ncc2cc(NC(=O)C3CCNC3)cnc21. The van der Waals surface area contributed by atoms with Crippen LogP contribution in [0.4, 0.5) is 5.69 Å². The van der Waals surface area contributed by atoms with Gasteiger partial charge in [-0.2, -0.15) is 5.10 Å². The first-order valence-electron chi connectivity index (χ1n) is 7.00. The Bertz CT molecular complexity index is 628. The molecule has 0 bridgehead atoms. The standard InChI is InChI=1S/C14H19N5O/c1-9(2)19-13-11(7-17-19)5-12(8-16-13)18-14(20)10-3-4-15-6-10/h5,7-10,15H,3-4,6H2,1-2H3,(H,18,20). The van der Waals surface area contributed by atoms with E-state index in [1.54, 1.807) is 12.4 Å². The molecule has 1 aliphatic rings. The summed E-state index contributed by atoms with van der Waals surface area (Å²) in [6.07, 6.45) is 4.38. The molecule has 1 aliphatic heterocycles. The Labute approximate surface area is 117 Å². The molecule has 106 valence electrons. The highest BCUT2D eigenvalue weighted by atomic mass is 16.1. The molecular formula is C14H19N5O.